The molecule has 0 fully saturated rings. The van der Waals surface area contributed by atoms with Crippen LogP contribution in [0, 0.1) is 0 Å². The van der Waals surface area contributed by atoms with Crippen LogP contribution in [-0.4, -0.2) is 11.7 Å². The Kier molecular flexibility index (Phi) is 3.09. The first kappa shape index (κ1) is 11.6. The van der Waals surface area contributed by atoms with Crippen LogP contribution in [0.2, 0.25) is 0 Å². The summed E-state index contributed by atoms with van der Waals surface area (Å²) in [6, 6.07) is 8.15. The number of carbonyl (C=O) groups excluding carboxylic acids is 1. The Balaban J connectivity index is 2.27. The minimum Gasteiger partial charge on any atom is -0.312 e. The Labute approximate surface area is 101 Å². The third-order valence-electron chi connectivity index (χ3n) is 2.79. The molecular formula is C14H15NO2. The molecule has 0 atom stereocenters. The second-order valence-electron chi connectivity index (χ2n) is 4.43. The molecule has 3 nitrogen and oxygen atoms in total. The molecule has 0 N–H and O–H groups in total. The standard InChI is InChI=1S/C14H15NO2/c1-9(2)12-6-4-11(5-7-12)8-13-10(3)15-17-14(13)16/h4-9H,1-3H3/b13-8+. The smallest absolute Gasteiger partial charge is 0.312 e. The number of nitrogens with zero attached hydrogens (tertiary/aromatic N) is 1. The van der Waals surface area contributed by atoms with Gasteiger partial charge in [-0.3, -0.25) is 0 Å². The molecule has 0 radical (unpaired) electrons. The number of hydrogen-bond donors (Lipinski definition) is 0. The van der Waals surface area contributed by atoms with E-state index in [0.29, 0.717) is 17.2 Å². The molecule has 0 unspecified atom stereocenters. The predicted octanol–water partition coefficient (Wildman–Crippen LogP) is 3.13. The van der Waals surface area contributed by atoms with Crippen LogP contribution in [0.1, 0.15) is 37.8 Å². The van der Waals surface area contributed by atoms with E-state index in [9.17, 15) is 4.79 Å². The molecular weight excluding hydrogens is 214 g/mol. The maximum atomic E-state index is 11.4. The summed E-state index contributed by atoms with van der Waals surface area (Å²) in [6.07, 6.45) is 1.80. The Bertz CT molecular complexity index is 495. The Morgan fingerprint density at radius 2 is 1.88 bits per heavy atom. The average molecular weight is 229 g/mol. The van der Waals surface area contributed by atoms with E-state index >= 15 is 0 Å². The molecule has 2 rings (SSSR count). The highest BCUT2D eigenvalue weighted by Gasteiger charge is 2.21. The summed E-state index contributed by atoms with van der Waals surface area (Å²) >= 11 is 0. The van der Waals surface area contributed by atoms with E-state index in [0.717, 1.165) is 5.56 Å². The van der Waals surface area contributed by atoms with Gasteiger partial charge in [-0.05, 0) is 30.0 Å². The maximum Gasteiger partial charge on any atom is 0.367 e. The molecule has 1 aliphatic heterocycles. The molecule has 17 heavy (non-hydrogen) atoms. The van der Waals surface area contributed by atoms with Crippen LogP contribution >= 0.6 is 0 Å². The van der Waals surface area contributed by atoms with Crippen LogP contribution in [0.15, 0.2) is 35.0 Å². The van der Waals surface area contributed by atoms with Gasteiger partial charge in [0.05, 0.1) is 11.3 Å². The second kappa shape index (κ2) is 4.53. The molecule has 0 aromatic heterocycles. The van der Waals surface area contributed by atoms with E-state index in [1.165, 1.54) is 5.56 Å². The van der Waals surface area contributed by atoms with Gasteiger partial charge in [-0.15, -0.1) is 0 Å². The van der Waals surface area contributed by atoms with Gasteiger partial charge in [0.15, 0.2) is 0 Å². The van der Waals surface area contributed by atoms with Gasteiger partial charge in [0.2, 0.25) is 0 Å². The first-order valence-corrected chi connectivity index (χ1v) is 5.66. The highest BCUT2D eigenvalue weighted by Crippen LogP contribution is 2.18. The fourth-order valence-electron chi connectivity index (χ4n) is 1.66. The van der Waals surface area contributed by atoms with Crippen LogP contribution in [0.3, 0.4) is 0 Å². The SMILES string of the molecule is CC1=NOC(=O)/C1=C/c1ccc(C(C)C)cc1. The lowest BCUT2D eigenvalue weighted by molar-refractivity contribution is -0.136. The average Bonchev–Trinajstić information content (AvgIpc) is 2.61. The van der Waals surface area contributed by atoms with E-state index in [4.69, 9.17) is 0 Å². The Morgan fingerprint density at radius 1 is 1.24 bits per heavy atom. The molecule has 1 heterocycles. The third kappa shape index (κ3) is 2.44. The normalized spacial score (nSPS) is 17.5. The fraction of sp³-hybridized carbons (Fsp3) is 0.286. The summed E-state index contributed by atoms with van der Waals surface area (Å²) < 4.78 is 0. The van der Waals surface area contributed by atoms with Gasteiger partial charge >= 0.3 is 5.97 Å². The van der Waals surface area contributed by atoms with Gasteiger partial charge in [-0.25, -0.2) is 4.79 Å². The molecule has 0 bridgehead atoms. The Hall–Kier alpha value is -1.90. The lowest BCUT2D eigenvalue weighted by Gasteiger charge is -2.04. The zero-order valence-electron chi connectivity index (χ0n) is 10.2. The van der Waals surface area contributed by atoms with Gasteiger partial charge in [0, 0.05) is 0 Å². The number of benzene rings is 1. The van der Waals surface area contributed by atoms with Crippen LogP contribution in [0.5, 0.6) is 0 Å². The van der Waals surface area contributed by atoms with Gasteiger partial charge in [-0.2, -0.15) is 0 Å². The summed E-state index contributed by atoms with van der Waals surface area (Å²) in [6.45, 7) is 6.07. The van der Waals surface area contributed by atoms with Gasteiger partial charge in [0.1, 0.15) is 0 Å². The van der Waals surface area contributed by atoms with Crippen molar-refractivity contribution in [2.45, 2.75) is 26.7 Å². The highest BCUT2D eigenvalue weighted by molar-refractivity contribution is 6.24. The summed E-state index contributed by atoms with van der Waals surface area (Å²) in [5, 5.41) is 3.64. The largest absolute Gasteiger partial charge is 0.367 e. The van der Waals surface area contributed by atoms with Crippen molar-refractivity contribution >= 4 is 17.8 Å². The molecule has 1 aromatic carbocycles. The van der Waals surface area contributed by atoms with Crippen molar-refractivity contribution in [3.63, 3.8) is 0 Å². The van der Waals surface area contributed by atoms with Crippen molar-refractivity contribution in [3.05, 3.63) is 41.0 Å². The van der Waals surface area contributed by atoms with Crippen molar-refractivity contribution in [2.75, 3.05) is 0 Å². The fourth-order valence-corrected chi connectivity index (χ4v) is 1.66. The van der Waals surface area contributed by atoms with Crippen LogP contribution in [-0.2, 0) is 9.63 Å². The van der Waals surface area contributed by atoms with Crippen molar-refractivity contribution < 1.29 is 9.63 Å². The summed E-state index contributed by atoms with van der Waals surface area (Å²) in [5.41, 5.74) is 3.43. The van der Waals surface area contributed by atoms with Crippen molar-refractivity contribution in [1.82, 2.24) is 0 Å². The van der Waals surface area contributed by atoms with Gasteiger partial charge < -0.3 is 4.84 Å². The predicted molar refractivity (Wildman–Crippen MR) is 67.7 cm³/mol. The molecule has 0 aliphatic carbocycles. The zero-order chi connectivity index (χ0) is 12.4. The van der Waals surface area contributed by atoms with E-state index in [2.05, 4.69) is 36.0 Å². The van der Waals surface area contributed by atoms with Gasteiger partial charge in [-0.1, -0.05) is 43.3 Å². The zero-order valence-corrected chi connectivity index (χ0v) is 10.2. The number of oxime groups is 1. The molecule has 0 saturated carbocycles. The Morgan fingerprint density at radius 3 is 2.35 bits per heavy atom. The van der Waals surface area contributed by atoms with Crippen molar-refractivity contribution in [1.29, 1.82) is 0 Å². The number of rotatable bonds is 2. The maximum absolute atomic E-state index is 11.4. The van der Waals surface area contributed by atoms with Crippen LogP contribution in [0.4, 0.5) is 0 Å². The van der Waals surface area contributed by atoms with Crippen LogP contribution in [0.25, 0.3) is 6.08 Å². The lowest BCUT2D eigenvalue weighted by atomic mass is 10.0. The van der Waals surface area contributed by atoms with Crippen molar-refractivity contribution in [2.24, 2.45) is 5.16 Å². The molecule has 88 valence electrons. The summed E-state index contributed by atoms with van der Waals surface area (Å²) in [4.78, 5) is 16.0. The molecule has 0 spiro atoms. The molecule has 0 saturated heterocycles. The van der Waals surface area contributed by atoms with Crippen LogP contribution < -0.4 is 0 Å². The summed E-state index contributed by atoms with van der Waals surface area (Å²) in [7, 11) is 0. The monoisotopic (exact) mass is 229 g/mol. The van der Waals surface area contributed by atoms with E-state index < -0.39 is 0 Å². The summed E-state index contributed by atoms with van der Waals surface area (Å²) in [5.74, 6) is 0.131. The van der Waals surface area contributed by atoms with Gasteiger partial charge in [0.25, 0.3) is 0 Å². The first-order chi connectivity index (χ1) is 8.08. The molecule has 1 aromatic rings. The lowest BCUT2D eigenvalue weighted by Crippen LogP contribution is -2.01. The van der Waals surface area contributed by atoms with E-state index in [1.807, 2.05) is 12.1 Å². The molecule has 1 aliphatic rings. The quantitative estimate of drug-likeness (QED) is 0.577. The minimum atomic E-state index is -0.379. The van der Waals surface area contributed by atoms with E-state index in [1.54, 1.807) is 13.0 Å². The second-order valence-corrected chi connectivity index (χ2v) is 4.43. The third-order valence-corrected chi connectivity index (χ3v) is 2.79. The molecule has 3 heteroatoms. The van der Waals surface area contributed by atoms with E-state index in [-0.39, 0.29) is 5.97 Å². The minimum absolute atomic E-state index is 0.379. The number of carbonyl (C=O) groups is 1. The number of hydrogen-bond acceptors (Lipinski definition) is 3. The molecule has 0 amide bonds. The first-order valence-electron chi connectivity index (χ1n) is 5.66. The van der Waals surface area contributed by atoms with Crippen molar-refractivity contribution in [3.8, 4) is 0 Å². The highest BCUT2D eigenvalue weighted by atomic mass is 16.7. The topological polar surface area (TPSA) is 38.7 Å².